The van der Waals surface area contributed by atoms with Gasteiger partial charge in [0.2, 0.25) is 5.91 Å². The number of hydrogen-bond acceptors (Lipinski definition) is 5. The average molecular weight is 532 g/mol. The van der Waals surface area contributed by atoms with Gasteiger partial charge < -0.3 is 15.5 Å². The molecule has 2 N–H and O–H groups in total. The number of carbonyl (C=O) groups is 2. The van der Waals surface area contributed by atoms with Gasteiger partial charge in [-0.25, -0.2) is 13.5 Å². The molecule has 7 nitrogen and oxygen atoms in total. The van der Waals surface area contributed by atoms with Crippen molar-refractivity contribution in [2.75, 3.05) is 35.3 Å². The molecule has 0 bridgehead atoms. The molecule has 1 aromatic heterocycles. The smallest absolute Gasteiger partial charge is 0.257 e. The van der Waals surface area contributed by atoms with Crippen LogP contribution in [0.2, 0.25) is 0 Å². The van der Waals surface area contributed by atoms with Crippen LogP contribution in [0.5, 0.6) is 0 Å². The third-order valence-corrected chi connectivity index (χ3v) is 8.21. The van der Waals surface area contributed by atoms with E-state index < -0.39 is 11.8 Å². The summed E-state index contributed by atoms with van der Waals surface area (Å²) in [5, 5.41) is 10.8. The van der Waals surface area contributed by atoms with Crippen LogP contribution in [0.1, 0.15) is 54.2 Å². The Morgan fingerprint density at radius 1 is 1.27 bits per heavy atom. The molecule has 1 saturated heterocycles. The normalized spacial score (nSPS) is 19.8. The zero-order chi connectivity index (χ0) is 26.2. The Bertz CT molecular complexity index is 1150. The van der Waals surface area contributed by atoms with Gasteiger partial charge >= 0.3 is 0 Å². The lowest BCUT2D eigenvalue weighted by Gasteiger charge is -2.43. The molecule has 200 valence electrons. The van der Waals surface area contributed by atoms with Gasteiger partial charge in [0, 0.05) is 37.8 Å². The number of carbonyl (C=O) groups excluding carboxylic acids is 2. The van der Waals surface area contributed by atoms with E-state index in [1.807, 2.05) is 34.0 Å². The maximum Gasteiger partial charge on any atom is 0.257 e. The predicted octanol–water partition coefficient (Wildman–Crippen LogP) is 4.36. The van der Waals surface area contributed by atoms with Crippen molar-refractivity contribution < 1.29 is 18.4 Å². The molecule has 1 aliphatic carbocycles. The second-order valence-corrected chi connectivity index (χ2v) is 11.6. The molecule has 2 aromatic rings. The molecule has 1 aromatic carbocycles. The van der Waals surface area contributed by atoms with Crippen LogP contribution in [0.4, 0.5) is 20.3 Å². The highest BCUT2D eigenvalue weighted by atomic mass is 32.2. The van der Waals surface area contributed by atoms with E-state index in [0.717, 1.165) is 43.1 Å². The minimum Gasteiger partial charge on any atom is -0.370 e. The number of anilines is 2. The summed E-state index contributed by atoms with van der Waals surface area (Å²) < 4.78 is 28.8. The van der Waals surface area contributed by atoms with Crippen LogP contribution in [0, 0.1) is 11.8 Å². The first kappa shape index (κ1) is 26.0. The lowest BCUT2D eigenvalue weighted by atomic mass is 9.92. The summed E-state index contributed by atoms with van der Waals surface area (Å²) in [4.78, 5) is 27.5. The van der Waals surface area contributed by atoms with Gasteiger partial charge in [-0.15, -0.1) is 0 Å². The molecular weight excluding hydrogens is 496 g/mol. The number of thioether (sulfide) groups is 1. The number of halogens is 2. The van der Waals surface area contributed by atoms with Crippen LogP contribution in [0.25, 0.3) is 0 Å². The molecule has 5 rings (SSSR count). The fourth-order valence-corrected chi connectivity index (χ4v) is 5.50. The zero-order valence-electron chi connectivity index (χ0n) is 21.4. The summed E-state index contributed by atoms with van der Waals surface area (Å²) in [7, 11) is 0. The largest absolute Gasteiger partial charge is 0.370 e. The Hall–Kier alpha value is -2.62. The number of benzene rings is 1. The van der Waals surface area contributed by atoms with Crippen molar-refractivity contribution >= 4 is 35.1 Å². The van der Waals surface area contributed by atoms with Crippen LogP contribution in [-0.2, 0) is 24.2 Å². The third-order valence-electron chi connectivity index (χ3n) is 7.66. The van der Waals surface area contributed by atoms with Crippen molar-refractivity contribution in [1.82, 2.24) is 15.1 Å². The number of hydrogen-bond donors (Lipinski definition) is 2. The number of amides is 2. The van der Waals surface area contributed by atoms with E-state index in [1.54, 1.807) is 0 Å². The number of fused-ring (bicyclic) bond motifs is 1. The predicted molar refractivity (Wildman–Crippen MR) is 143 cm³/mol. The minimum atomic E-state index is -2.64. The van der Waals surface area contributed by atoms with Gasteiger partial charge in [0.1, 0.15) is 11.4 Å². The summed E-state index contributed by atoms with van der Waals surface area (Å²) >= 11 is 1.44. The van der Waals surface area contributed by atoms with Gasteiger partial charge in [-0.3, -0.25) is 9.59 Å². The third kappa shape index (κ3) is 6.10. The second-order valence-electron chi connectivity index (χ2n) is 10.7. The van der Waals surface area contributed by atoms with Crippen molar-refractivity contribution in [3.8, 4) is 0 Å². The monoisotopic (exact) mass is 531 g/mol. The lowest BCUT2D eigenvalue weighted by molar-refractivity contribution is -0.113. The maximum absolute atomic E-state index is 13.5. The highest BCUT2D eigenvalue weighted by molar-refractivity contribution is 7.99. The summed E-state index contributed by atoms with van der Waals surface area (Å²) in [5.41, 5.74) is 3.31. The van der Waals surface area contributed by atoms with Crippen LogP contribution in [-0.4, -0.2) is 58.7 Å². The molecule has 0 radical (unpaired) electrons. The van der Waals surface area contributed by atoms with Crippen LogP contribution in [0.3, 0.4) is 0 Å². The number of rotatable bonds is 11. The molecule has 3 aliphatic rings. The van der Waals surface area contributed by atoms with Gasteiger partial charge in [0.15, 0.2) is 0 Å². The lowest BCUT2D eigenvalue weighted by Crippen LogP contribution is -2.53. The van der Waals surface area contributed by atoms with E-state index in [1.165, 1.54) is 24.6 Å². The molecule has 2 fully saturated rings. The molecule has 10 heteroatoms. The van der Waals surface area contributed by atoms with Crippen LogP contribution >= 0.6 is 11.8 Å². The molecule has 2 aliphatic heterocycles. The van der Waals surface area contributed by atoms with E-state index in [2.05, 4.69) is 16.7 Å². The first-order valence-electron chi connectivity index (χ1n) is 13.1. The van der Waals surface area contributed by atoms with Gasteiger partial charge in [-0.1, -0.05) is 25.0 Å². The average Bonchev–Trinajstić information content (AvgIpc) is 3.56. The molecular formula is C27H35F2N5O2S. The van der Waals surface area contributed by atoms with E-state index >= 15 is 0 Å². The number of aryl methyl sites for hydroxylation is 2. The number of nitrogens with zero attached hydrogens (tertiary/aromatic N) is 3. The highest BCUT2D eigenvalue weighted by Crippen LogP contribution is 2.36. The SMILES string of the molecule is CSCC(=O)Nc1c2c(nn1CCC1CC1)CC(CCc1cccc(N3CC(C(C)(F)F)C3)c1)NC2=O. The van der Waals surface area contributed by atoms with Crippen molar-refractivity contribution in [3.05, 3.63) is 41.1 Å². The van der Waals surface area contributed by atoms with Crippen LogP contribution < -0.4 is 15.5 Å². The highest BCUT2D eigenvalue weighted by Gasteiger charge is 2.42. The first-order valence-corrected chi connectivity index (χ1v) is 14.5. The van der Waals surface area contributed by atoms with Gasteiger partial charge in [-0.2, -0.15) is 16.9 Å². The summed E-state index contributed by atoms with van der Waals surface area (Å²) in [6.07, 6.45) is 7.46. The number of aromatic nitrogens is 2. The van der Waals surface area contributed by atoms with E-state index in [0.29, 0.717) is 49.1 Å². The van der Waals surface area contributed by atoms with Gasteiger partial charge in [0.25, 0.3) is 11.8 Å². The van der Waals surface area contributed by atoms with E-state index in [4.69, 9.17) is 5.10 Å². The van der Waals surface area contributed by atoms with E-state index in [-0.39, 0.29) is 17.9 Å². The standard InChI is InChI=1S/C27H35F2N5O2S/c1-27(28,29)19-14-33(15-19)21-5-3-4-18(12-21)8-9-20-13-22-24(26(36)30-20)25(31-23(35)16-37-2)34(32-22)11-10-17-6-7-17/h3-5,12,17,19-20H,6-11,13-16H2,1-2H3,(H,30,36)(H,31,35). The number of nitrogens with one attached hydrogen (secondary N) is 2. The molecule has 37 heavy (non-hydrogen) atoms. The maximum atomic E-state index is 13.5. The Balaban J connectivity index is 1.23. The second kappa shape index (κ2) is 10.6. The Kier molecular flexibility index (Phi) is 7.47. The summed E-state index contributed by atoms with van der Waals surface area (Å²) in [5.74, 6) is -2.00. The Labute approximate surface area is 220 Å². The molecule has 1 atom stereocenters. The molecule has 1 saturated carbocycles. The fourth-order valence-electron chi connectivity index (χ4n) is 5.17. The summed E-state index contributed by atoms with van der Waals surface area (Å²) in [6.45, 7) is 2.42. The quantitative estimate of drug-likeness (QED) is 0.451. The van der Waals surface area contributed by atoms with Gasteiger partial charge in [0.05, 0.1) is 17.4 Å². The van der Waals surface area contributed by atoms with Crippen molar-refractivity contribution in [2.24, 2.45) is 11.8 Å². The van der Waals surface area contributed by atoms with Gasteiger partial charge in [-0.05, 0) is 56.1 Å². The Morgan fingerprint density at radius 3 is 2.76 bits per heavy atom. The van der Waals surface area contributed by atoms with Crippen molar-refractivity contribution in [3.63, 3.8) is 0 Å². The summed E-state index contributed by atoms with van der Waals surface area (Å²) in [6, 6.07) is 7.97. The molecule has 3 heterocycles. The van der Waals surface area contributed by atoms with Crippen LogP contribution in [0.15, 0.2) is 24.3 Å². The number of alkyl halides is 2. The van der Waals surface area contributed by atoms with Crippen molar-refractivity contribution in [1.29, 1.82) is 0 Å². The minimum absolute atomic E-state index is 0.0580. The molecule has 1 unspecified atom stereocenters. The zero-order valence-corrected chi connectivity index (χ0v) is 22.3. The van der Waals surface area contributed by atoms with Crippen molar-refractivity contribution in [2.45, 2.75) is 64.0 Å². The molecule has 0 spiro atoms. The topological polar surface area (TPSA) is 79.3 Å². The first-order chi connectivity index (χ1) is 17.7. The molecule has 2 amide bonds. The fraction of sp³-hybridized carbons (Fsp3) is 0.593. The van der Waals surface area contributed by atoms with E-state index in [9.17, 15) is 18.4 Å². The Morgan fingerprint density at radius 2 is 2.05 bits per heavy atom.